The van der Waals surface area contributed by atoms with Gasteiger partial charge in [0.05, 0.1) is 13.2 Å². The second-order valence-electron chi connectivity index (χ2n) is 5.70. The van der Waals surface area contributed by atoms with Gasteiger partial charge in [-0.2, -0.15) is 0 Å². The van der Waals surface area contributed by atoms with Crippen LogP contribution in [-0.4, -0.2) is 35.9 Å². The molecule has 0 aromatic carbocycles. The number of aromatic nitrogens is 1. The minimum atomic E-state index is -0.586. The van der Waals surface area contributed by atoms with E-state index in [-0.39, 0.29) is 6.54 Å². The van der Waals surface area contributed by atoms with E-state index in [0.717, 1.165) is 0 Å². The van der Waals surface area contributed by atoms with Gasteiger partial charge in [-0.1, -0.05) is 0 Å². The minimum absolute atomic E-state index is 0.184. The SMILES string of the molecule is COC(=O)c1cc(C(CN)NC(=O)OC(C)(C)C)cn1C. The summed E-state index contributed by atoms with van der Waals surface area (Å²) >= 11 is 0. The molecule has 0 bridgehead atoms. The lowest BCUT2D eigenvalue weighted by atomic mass is 10.1. The van der Waals surface area contributed by atoms with Gasteiger partial charge in [0.15, 0.2) is 0 Å². The third kappa shape index (κ3) is 4.78. The molecule has 0 spiro atoms. The van der Waals surface area contributed by atoms with Gasteiger partial charge in [0, 0.05) is 19.8 Å². The van der Waals surface area contributed by atoms with Gasteiger partial charge in [0.1, 0.15) is 11.3 Å². The summed E-state index contributed by atoms with van der Waals surface area (Å²) in [5, 5.41) is 2.69. The summed E-state index contributed by atoms with van der Waals surface area (Å²) in [5.74, 6) is -0.447. The number of ether oxygens (including phenoxy) is 2. The number of hydrogen-bond acceptors (Lipinski definition) is 5. The third-order valence-electron chi connectivity index (χ3n) is 2.75. The average Bonchev–Trinajstić information content (AvgIpc) is 2.75. The number of amides is 1. The molecule has 7 nitrogen and oxygen atoms in total. The Labute approximate surface area is 124 Å². The number of methoxy groups -OCH3 is 1. The van der Waals surface area contributed by atoms with Crippen LogP contribution in [0.5, 0.6) is 0 Å². The Morgan fingerprint density at radius 2 is 2.05 bits per heavy atom. The number of alkyl carbamates (subject to hydrolysis) is 1. The zero-order valence-corrected chi connectivity index (χ0v) is 13.1. The molecule has 1 aromatic rings. The first kappa shape index (κ1) is 17.0. The monoisotopic (exact) mass is 297 g/mol. The Kier molecular flexibility index (Phi) is 5.37. The molecule has 21 heavy (non-hydrogen) atoms. The van der Waals surface area contributed by atoms with Crippen LogP contribution in [0.25, 0.3) is 0 Å². The van der Waals surface area contributed by atoms with Gasteiger partial charge in [-0.3, -0.25) is 0 Å². The molecule has 0 saturated carbocycles. The summed E-state index contributed by atoms with van der Waals surface area (Å²) in [7, 11) is 3.03. The molecule has 1 atom stereocenters. The number of carbonyl (C=O) groups excluding carboxylic acids is 2. The van der Waals surface area contributed by atoms with Crippen LogP contribution in [0.4, 0.5) is 4.79 Å². The van der Waals surface area contributed by atoms with Crippen molar-refractivity contribution in [1.29, 1.82) is 0 Å². The summed E-state index contributed by atoms with van der Waals surface area (Å²) in [4.78, 5) is 23.4. The van der Waals surface area contributed by atoms with E-state index >= 15 is 0 Å². The molecule has 0 aliphatic rings. The molecular weight excluding hydrogens is 274 g/mol. The highest BCUT2D eigenvalue weighted by Gasteiger charge is 2.22. The van der Waals surface area contributed by atoms with Crippen LogP contribution in [0, 0.1) is 0 Å². The van der Waals surface area contributed by atoms with E-state index in [9.17, 15) is 9.59 Å². The van der Waals surface area contributed by atoms with E-state index in [1.807, 2.05) is 0 Å². The molecule has 0 saturated heterocycles. The topological polar surface area (TPSA) is 95.6 Å². The van der Waals surface area contributed by atoms with Crippen molar-refractivity contribution >= 4 is 12.1 Å². The summed E-state index contributed by atoms with van der Waals surface area (Å²) < 4.78 is 11.5. The fourth-order valence-electron chi connectivity index (χ4n) is 1.82. The molecule has 1 heterocycles. The van der Waals surface area contributed by atoms with Crippen molar-refractivity contribution in [1.82, 2.24) is 9.88 Å². The molecule has 0 radical (unpaired) electrons. The maximum absolute atomic E-state index is 11.8. The first-order chi connectivity index (χ1) is 9.67. The quantitative estimate of drug-likeness (QED) is 0.818. The number of nitrogens with one attached hydrogen (secondary N) is 1. The Balaban J connectivity index is 2.86. The maximum atomic E-state index is 11.8. The molecule has 3 N–H and O–H groups in total. The lowest BCUT2D eigenvalue weighted by Gasteiger charge is -2.22. The van der Waals surface area contributed by atoms with Gasteiger partial charge >= 0.3 is 12.1 Å². The van der Waals surface area contributed by atoms with Gasteiger partial charge in [0.2, 0.25) is 0 Å². The largest absolute Gasteiger partial charge is 0.464 e. The minimum Gasteiger partial charge on any atom is -0.464 e. The second-order valence-corrected chi connectivity index (χ2v) is 5.70. The van der Waals surface area contributed by atoms with Crippen molar-refractivity contribution in [3.05, 3.63) is 23.5 Å². The van der Waals surface area contributed by atoms with Crippen molar-refractivity contribution in [2.45, 2.75) is 32.4 Å². The average molecular weight is 297 g/mol. The molecule has 1 amide bonds. The van der Waals surface area contributed by atoms with Crippen LogP contribution in [-0.2, 0) is 16.5 Å². The van der Waals surface area contributed by atoms with Crippen LogP contribution >= 0.6 is 0 Å². The van der Waals surface area contributed by atoms with Gasteiger partial charge in [0.25, 0.3) is 0 Å². The highest BCUT2D eigenvalue weighted by molar-refractivity contribution is 5.88. The fourth-order valence-corrected chi connectivity index (χ4v) is 1.82. The number of nitrogens with two attached hydrogens (primary N) is 1. The van der Waals surface area contributed by atoms with Gasteiger partial charge in [-0.05, 0) is 32.4 Å². The molecule has 118 valence electrons. The number of nitrogens with zero attached hydrogens (tertiary/aromatic N) is 1. The van der Waals surface area contributed by atoms with Crippen LogP contribution < -0.4 is 11.1 Å². The lowest BCUT2D eigenvalue weighted by Crippen LogP contribution is -2.37. The Morgan fingerprint density at radius 1 is 1.43 bits per heavy atom. The van der Waals surface area contributed by atoms with Gasteiger partial charge in [-0.15, -0.1) is 0 Å². The van der Waals surface area contributed by atoms with Crippen molar-refractivity contribution < 1.29 is 19.1 Å². The van der Waals surface area contributed by atoms with E-state index in [4.69, 9.17) is 10.5 Å². The first-order valence-corrected chi connectivity index (χ1v) is 6.62. The molecule has 1 unspecified atom stereocenters. The van der Waals surface area contributed by atoms with E-state index in [0.29, 0.717) is 11.3 Å². The summed E-state index contributed by atoms with van der Waals surface area (Å²) in [6.45, 7) is 5.52. The molecule has 1 aromatic heterocycles. The molecular formula is C14H23N3O4. The van der Waals surface area contributed by atoms with Crippen LogP contribution in [0.2, 0.25) is 0 Å². The predicted octanol–water partition coefficient (Wildman–Crippen LogP) is 1.34. The Bertz CT molecular complexity index is 517. The number of aryl methyl sites for hydroxylation is 1. The second kappa shape index (κ2) is 6.62. The van der Waals surface area contributed by atoms with Crippen LogP contribution in [0.3, 0.4) is 0 Å². The lowest BCUT2D eigenvalue weighted by molar-refractivity contribution is 0.0504. The van der Waals surface area contributed by atoms with Crippen LogP contribution in [0.15, 0.2) is 12.3 Å². The van der Waals surface area contributed by atoms with Crippen molar-refractivity contribution in [3.8, 4) is 0 Å². The van der Waals surface area contributed by atoms with Crippen molar-refractivity contribution in [2.75, 3.05) is 13.7 Å². The normalized spacial score (nSPS) is 12.7. The first-order valence-electron chi connectivity index (χ1n) is 6.62. The van der Waals surface area contributed by atoms with Gasteiger partial charge < -0.3 is 25.1 Å². The van der Waals surface area contributed by atoms with Crippen molar-refractivity contribution in [3.63, 3.8) is 0 Å². The maximum Gasteiger partial charge on any atom is 0.408 e. The standard InChI is InChI=1S/C14H23N3O4/c1-14(2,3)21-13(19)16-10(7-15)9-6-11(12(18)20-5)17(4)8-9/h6,8,10H,7,15H2,1-5H3,(H,16,19). The predicted molar refractivity (Wildman–Crippen MR) is 77.9 cm³/mol. The Morgan fingerprint density at radius 3 is 2.52 bits per heavy atom. The fraction of sp³-hybridized carbons (Fsp3) is 0.571. The molecule has 7 heteroatoms. The molecule has 0 fully saturated rings. The number of hydrogen-bond donors (Lipinski definition) is 2. The Hall–Kier alpha value is -2.02. The molecule has 0 aliphatic heterocycles. The zero-order chi connectivity index (χ0) is 16.2. The van der Waals surface area contributed by atoms with E-state index < -0.39 is 23.7 Å². The van der Waals surface area contributed by atoms with E-state index in [1.165, 1.54) is 7.11 Å². The molecule has 1 rings (SSSR count). The summed E-state index contributed by atoms with van der Waals surface area (Å²) in [6.07, 6.45) is 1.17. The van der Waals surface area contributed by atoms with Crippen molar-refractivity contribution in [2.24, 2.45) is 12.8 Å². The number of carbonyl (C=O) groups is 2. The summed E-state index contributed by atoms with van der Waals surface area (Å²) in [6, 6.07) is 1.20. The summed E-state index contributed by atoms with van der Waals surface area (Å²) in [5.41, 5.74) is 6.20. The smallest absolute Gasteiger partial charge is 0.408 e. The zero-order valence-electron chi connectivity index (χ0n) is 13.1. The van der Waals surface area contributed by atoms with Crippen LogP contribution in [0.1, 0.15) is 42.9 Å². The highest BCUT2D eigenvalue weighted by Crippen LogP contribution is 2.17. The highest BCUT2D eigenvalue weighted by atomic mass is 16.6. The van der Waals surface area contributed by atoms with E-state index in [2.05, 4.69) is 10.1 Å². The number of esters is 1. The third-order valence-corrected chi connectivity index (χ3v) is 2.75. The van der Waals surface area contributed by atoms with Gasteiger partial charge in [-0.25, -0.2) is 9.59 Å². The molecule has 0 aliphatic carbocycles. The number of rotatable bonds is 4. The van der Waals surface area contributed by atoms with E-state index in [1.54, 1.807) is 44.6 Å².